The Morgan fingerprint density at radius 2 is 1.51 bits per heavy atom. The van der Waals surface area contributed by atoms with Gasteiger partial charge in [0, 0.05) is 29.3 Å². The molecule has 0 spiro atoms. The maximum Gasteiger partial charge on any atom is 0.325 e. The van der Waals surface area contributed by atoms with Gasteiger partial charge in [-0.3, -0.25) is 10.1 Å². The summed E-state index contributed by atoms with van der Waals surface area (Å²) in [5, 5.41) is 21.7. The van der Waals surface area contributed by atoms with Crippen LogP contribution in [0.2, 0.25) is 10.0 Å². The molecule has 45 heavy (non-hydrogen) atoms. The number of benzene rings is 5. The molecule has 0 saturated heterocycles. The summed E-state index contributed by atoms with van der Waals surface area (Å²) >= 11 is 13.5. The van der Waals surface area contributed by atoms with Gasteiger partial charge in [0.1, 0.15) is 41.8 Å². The maximum absolute atomic E-state index is 12.1. The highest BCUT2D eigenvalue weighted by atomic mass is 35.5. The highest BCUT2D eigenvalue weighted by Gasteiger charge is 2.21. The monoisotopic (exact) mass is 639 g/mol. The van der Waals surface area contributed by atoms with Crippen molar-refractivity contribution >= 4 is 40.2 Å². The molecule has 0 saturated carbocycles. The topological polar surface area (TPSA) is 107 Å². The van der Waals surface area contributed by atoms with Crippen LogP contribution in [0.3, 0.4) is 0 Å². The number of hydrogen-bond donors (Lipinski definition) is 2. The number of hydrogen-bond acceptors (Lipinski definition) is 7. The molecule has 0 aliphatic rings. The molecular weight excluding hydrogens is 613 g/mol. The molecule has 6 aromatic rings. The average Bonchev–Trinajstić information content (AvgIpc) is 3.53. The largest absolute Gasteiger partial charge is 0.488 e. The van der Waals surface area contributed by atoms with Crippen molar-refractivity contribution < 1.29 is 24.0 Å². The Kier molecular flexibility index (Phi) is 9.26. The third kappa shape index (κ3) is 7.10. The molecule has 1 aromatic heterocycles. The zero-order chi connectivity index (χ0) is 31.2. The third-order valence-corrected chi connectivity index (χ3v) is 7.99. The van der Waals surface area contributed by atoms with Crippen molar-refractivity contribution in [2.75, 3.05) is 0 Å². The van der Waals surface area contributed by atoms with Gasteiger partial charge in [0.2, 0.25) is 0 Å². The van der Waals surface area contributed by atoms with E-state index in [0.717, 1.165) is 22.3 Å². The number of nitrogens with one attached hydrogen (secondary N) is 1. The minimum absolute atomic E-state index is 0.165. The summed E-state index contributed by atoms with van der Waals surface area (Å²) in [7, 11) is 0. The molecule has 8 nitrogen and oxygen atoms in total. The van der Waals surface area contributed by atoms with Gasteiger partial charge in [-0.05, 0) is 45.2 Å². The van der Waals surface area contributed by atoms with Crippen LogP contribution in [-0.4, -0.2) is 21.4 Å². The molecule has 0 unspecified atom stereocenters. The van der Waals surface area contributed by atoms with Crippen molar-refractivity contribution in [2.24, 2.45) is 0 Å². The number of aromatic nitrogens is 2. The van der Waals surface area contributed by atoms with Crippen LogP contribution in [0.5, 0.6) is 11.5 Å². The lowest BCUT2D eigenvalue weighted by molar-refractivity contribution is -0.139. The lowest BCUT2D eigenvalue weighted by Crippen LogP contribution is -2.28. The first-order valence-corrected chi connectivity index (χ1v) is 14.8. The van der Waals surface area contributed by atoms with Crippen LogP contribution in [0.4, 0.5) is 0 Å². The van der Waals surface area contributed by atoms with E-state index in [9.17, 15) is 9.90 Å². The summed E-state index contributed by atoms with van der Waals surface area (Å²) in [5.74, 6) is -0.133. The van der Waals surface area contributed by atoms with Gasteiger partial charge in [-0.15, -0.1) is 0 Å². The molecule has 10 heteroatoms. The van der Waals surface area contributed by atoms with E-state index in [1.807, 2.05) is 66.7 Å². The highest BCUT2D eigenvalue weighted by molar-refractivity contribution is 6.34. The van der Waals surface area contributed by atoms with Crippen LogP contribution >= 0.6 is 23.2 Å². The van der Waals surface area contributed by atoms with Crippen LogP contribution < -0.4 is 14.8 Å². The zero-order valence-electron chi connectivity index (χ0n) is 23.8. The van der Waals surface area contributed by atoms with Crippen molar-refractivity contribution in [3.63, 3.8) is 0 Å². The number of carbonyl (C=O) groups is 1. The first-order chi connectivity index (χ1) is 22.0. The van der Waals surface area contributed by atoms with E-state index >= 15 is 0 Å². The molecule has 6 rings (SSSR count). The van der Waals surface area contributed by atoms with Gasteiger partial charge < -0.3 is 14.6 Å². The first-order valence-electron chi connectivity index (χ1n) is 14.1. The number of aliphatic carboxylic acids is 1. The lowest BCUT2D eigenvalue weighted by Gasteiger charge is -2.19. The molecule has 0 bridgehead atoms. The van der Waals surface area contributed by atoms with Gasteiger partial charge in [-0.25, -0.2) is 4.63 Å². The molecule has 0 radical (unpaired) electrons. The summed E-state index contributed by atoms with van der Waals surface area (Å²) in [6.07, 6.45) is 0. The molecule has 2 N–H and O–H groups in total. The average molecular weight is 641 g/mol. The second-order valence-corrected chi connectivity index (χ2v) is 11.0. The molecule has 0 amide bonds. The van der Waals surface area contributed by atoms with Crippen LogP contribution in [0, 0.1) is 0 Å². The summed E-state index contributed by atoms with van der Waals surface area (Å²) in [5.41, 5.74) is 6.08. The summed E-state index contributed by atoms with van der Waals surface area (Å²) in [4.78, 5) is 12.1. The fourth-order valence-electron chi connectivity index (χ4n) is 4.93. The Hall–Kier alpha value is -4.89. The van der Waals surface area contributed by atoms with E-state index in [0.29, 0.717) is 43.7 Å². The number of ether oxygens (including phenoxy) is 2. The van der Waals surface area contributed by atoms with Crippen molar-refractivity contribution in [1.82, 2.24) is 15.6 Å². The second kappa shape index (κ2) is 13.8. The third-order valence-electron chi connectivity index (χ3n) is 7.25. The second-order valence-electron chi connectivity index (χ2n) is 10.3. The van der Waals surface area contributed by atoms with Gasteiger partial charge in [0.05, 0.1) is 10.0 Å². The molecular formula is C35H27Cl2N3O5. The Morgan fingerprint density at radius 3 is 2.29 bits per heavy atom. The molecule has 0 fully saturated rings. The fourth-order valence-corrected chi connectivity index (χ4v) is 5.46. The molecule has 226 valence electrons. The van der Waals surface area contributed by atoms with Crippen LogP contribution in [0.1, 0.15) is 28.3 Å². The number of halogens is 2. The summed E-state index contributed by atoms with van der Waals surface area (Å²) < 4.78 is 17.3. The van der Waals surface area contributed by atoms with Crippen LogP contribution in [0.25, 0.3) is 22.2 Å². The van der Waals surface area contributed by atoms with Crippen molar-refractivity contribution in [3.05, 3.63) is 141 Å². The quantitative estimate of drug-likeness (QED) is 0.138. The van der Waals surface area contributed by atoms with E-state index in [2.05, 4.69) is 15.6 Å². The fraction of sp³-hybridized carbons (Fsp3) is 0.114. The smallest absolute Gasteiger partial charge is 0.325 e. The van der Waals surface area contributed by atoms with Gasteiger partial charge in [-0.2, -0.15) is 0 Å². The van der Waals surface area contributed by atoms with Crippen LogP contribution in [-0.2, 0) is 24.6 Å². The number of rotatable bonds is 12. The molecule has 0 aliphatic heterocycles. The Labute approximate surface area is 269 Å². The Balaban J connectivity index is 1.26. The van der Waals surface area contributed by atoms with E-state index in [1.165, 1.54) is 0 Å². The molecule has 5 aromatic carbocycles. The van der Waals surface area contributed by atoms with E-state index in [4.69, 9.17) is 37.3 Å². The number of nitrogens with zero attached hydrogens (tertiary/aromatic N) is 2. The predicted molar refractivity (Wildman–Crippen MR) is 172 cm³/mol. The van der Waals surface area contributed by atoms with Crippen LogP contribution in [0.15, 0.2) is 114 Å². The number of fused-ring (bicyclic) bond motifs is 1. The predicted octanol–water partition coefficient (Wildman–Crippen LogP) is 8.27. The van der Waals surface area contributed by atoms with E-state index in [1.54, 1.807) is 42.5 Å². The standard InChI is InChI=1S/C35H27Cl2N3O5/c36-28-17-26(19-38-34(35(41)42)24-10-5-2-6-11-24)31(43-20-22-14-15-29-30(16-22)40-45-39-29)18-32(28)44-21-25-12-7-13-27(33(25)37)23-8-3-1-4-9-23/h1-18,34,38H,19-21H2,(H,41,42)/t34-/m0/s1. The van der Waals surface area contributed by atoms with E-state index < -0.39 is 12.0 Å². The van der Waals surface area contributed by atoms with Crippen molar-refractivity contribution in [1.29, 1.82) is 0 Å². The lowest BCUT2D eigenvalue weighted by atomic mass is 10.0. The highest BCUT2D eigenvalue weighted by Crippen LogP contribution is 2.36. The molecule has 0 aliphatic carbocycles. The summed E-state index contributed by atoms with van der Waals surface area (Å²) in [6.45, 7) is 0.530. The normalized spacial score (nSPS) is 11.8. The van der Waals surface area contributed by atoms with Gasteiger partial charge in [0.25, 0.3) is 0 Å². The SMILES string of the molecule is O=C(O)[C@@H](NCc1cc(Cl)c(OCc2cccc(-c3ccccc3)c2Cl)cc1OCc1ccc2nonc2c1)c1ccccc1. The minimum Gasteiger partial charge on any atom is -0.488 e. The van der Waals surface area contributed by atoms with Crippen molar-refractivity contribution in [2.45, 2.75) is 25.8 Å². The van der Waals surface area contributed by atoms with Gasteiger partial charge >= 0.3 is 5.97 Å². The van der Waals surface area contributed by atoms with E-state index in [-0.39, 0.29) is 19.8 Å². The summed E-state index contributed by atoms with van der Waals surface area (Å²) in [6, 6.07) is 32.7. The Bertz CT molecular complexity index is 1930. The molecule has 1 heterocycles. The van der Waals surface area contributed by atoms with Gasteiger partial charge in [0.15, 0.2) is 0 Å². The molecule has 1 atom stereocenters. The minimum atomic E-state index is -1.00. The Morgan fingerprint density at radius 1 is 0.778 bits per heavy atom. The maximum atomic E-state index is 12.1. The number of carboxylic acids is 1. The zero-order valence-corrected chi connectivity index (χ0v) is 25.3. The van der Waals surface area contributed by atoms with Gasteiger partial charge in [-0.1, -0.05) is 108 Å². The first kappa shape index (κ1) is 30.1. The number of carboxylic acid groups (broad SMARTS) is 1. The van der Waals surface area contributed by atoms with Crippen molar-refractivity contribution in [3.8, 4) is 22.6 Å².